The fraction of sp³-hybridized carbons (Fsp3) is 0.667. The van der Waals surface area contributed by atoms with Gasteiger partial charge in [0.05, 0.1) is 19.3 Å². The fourth-order valence-electron chi connectivity index (χ4n) is 2.25. The molecule has 1 aromatic rings. The predicted octanol–water partition coefficient (Wildman–Crippen LogP) is 2.60. The zero-order valence-electron chi connectivity index (χ0n) is 15.8. The Kier molecular flexibility index (Phi) is 8.54. The van der Waals surface area contributed by atoms with Crippen molar-refractivity contribution in [2.24, 2.45) is 10.4 Å². The van der Waals surface area contributed by atoms with Gasteiger partial charge in [0, 0.05) is 32.0 Å². The number of guanidine groups is 1. The highest BCUT2D eigenvalue weighted by molar-refractivity contribution is 5.79. The van der Waals surface area contributed by atoms with E-state index in [1.54, 1.807) is 13.3 Å². The second-order valence-corrected chi connectivity index (χ2v) is 6.57. The first-order chi connectivity index (χ1) is 11.4. The summed E-state index contributed by atoms with van der Waals surface area (Å²) < 4.78 is 11.1. The van der Waals surface area contributed by atoms with E-state index in [1.807, 2.05) is 26.0 Å². The van der Waals surface area contributed by atoms with Crippen LogP contribution >= 0.6 is 0 Å². The molecule has 1 aromatic heterocycles. The summed E-state index contributed by atoms with van der Waals surface area (Å²) in [5, 5.41) is 6.61. The molecule has 2 N–H and O–H groups in total. The van der Waals surface area contributed by atoms with Gasteiger partial charge in [-0.3, -0.25) is 0 Å². The maximum atomic E-state index is 5.58. The number of hydrogen-bond acceptors (Lipinski definition) is 4. The zero-order valence-corrected chi connectivity index (χ0v) is 15.8. The van der Waals surface area contributed by atoms with Crippen molar-refractivity contribution in [1.29, 1.82) is 0 Å². The van der Waals surface area contributed by atoms with Gasteiger partial charge in [-0.2, -0.15) is 0 Å². The molecule has 24 heavy (non-hydrogen) atoms. The van der Waals surface area contributed by atoms with Gasteiger partial charge in [-0.15, -0.1) is 0 Å². The lowest BCUT2D eigenvalue weighted by molar-refractivity contribution is 0.0205. The van der Waals surface area contributed by atoms with Gasteiger partial charge in [0.1, 0.15) is 0 Å². The number of methoxy groups -OCH3 is 1. The fourth-order valence-corrected chi connectivity index (χ4v) is 2.25. The molecular formula is C18H32N4O2. The van der Waals surface area contributed by atoms with Crippen molar-refractivity contribution in [3.8, 4) is 5.88 Å². The molecule has 0 bridgehead atoms. The van der Waals surface area contributed by atoms with Crippen LogP contribution < -0.4 is 15.4 Å². The largest absolute Gasteiger partial charge is 0.478 e. The van der Waals surface area contributed by atoms with Crippen LogP contribution in [0.2, 0.25) is 0 Å². The van der Waals surface area contributed by atoms with Gasteiger partial charge in [0.25, 0.3) is 0 Å². The zero-order chi connectivity index (χ0) is 18.0. The van der Waals surface area contributed by atoms with Crippen molar-refractivity contribution in [3.63, 3.8) is 0 Å². The van der Waals surface area contributed by atoms with Gasteiger partial charge in [-0.05, 0) is 25.3 Å². The van der Waals surface area contributed by atoms with Crippen molar-refractivity contribution in [1.82, 2.24) is 15.6 Å². The van der Waals surface area contributed by atoms with Crippen LogP contribution in [0.5, 0.6) is 5.88 Å². The van der Waals surface area contributed by atoms with Crippen molar-refractivity contribution in [2.45, 2.75) is 47.3 Å². The van der Waals surface area contributed by atoms with Crippen molar-refractivity contribution in [2.75, 3.05) is 26.8 Å². The van der Waals surface area contributed by atoms with Crippen LogP contribution in [-0.2, 0) is 11.3 Å². The van der Waals surface area contributed by atoms with Gasteiger partial charge in [-0.25, -0.2) is 9.98 Å². The summed E-state index contributed by atoms with van der Waals surface area (Å²) >= 11 is 0. The van der Waals surface area contributed by atoms with Gasteiger partial charge >= 0.3 is 0 Å². The molecule has 0 saturated heterocycles. The molecule has 0 radical (unpaired) electrons. The first kappa shape index (κ1) is 20.2. The third-order valence-corrected chi connectivity index (χ3v) is 3.59. The Hall–Kier alpha value is -1.82. The highest BCUT2D eigenvalue weighted by atomic mass is 16.5. The lowest BCUT2D eigenvalue weighted by Gasteiger charge is -2.30. The number of hydrogen-bond donors (Lipinski definition) is 2. The number of nitrogens with zero attached hydrogens (tertiary/aromatic N) is 2. The van der Waals surface area contributed by atoms with Crippen molar-refractivity contribution in [3.05, 3.63) is 23.9 Å². The number of nitrogens with one attached hydrogen (secondary N) is 2. The molecule has 6 nitrogen and oxygen atoms in total. The topological polar surface area (TPSA) is 67.8 Å². The Morgan fingerprint density at radius 2 is 2.04 bits per heavy atom. The SMILES string of the molecule is CCNC(=NCc1cccnc1OCC)NCC(OC)C(C)(C)C. The van der Waals surface area contributed by atoms with E-state index >= 15 is 0 Å². The Morgan fingerprint density at radius 3 is 2.62 bits per heavy atom. The summed E-state index contributed by atoms with van der Waals surface area (Å²) in [6.07, 6.45) is 1.83. The van der Waals surface area contributed by atoms with Gasteiger partial charge in [0.2, 0.25) is 5.88 Å². The van der Waals surface area contributed by atoms with Crippen LogP contribution in [0.3, 0.4) is 0 Å². The average Bonchev–Trinajstić information content (AvgIpc) is 2.53. The minimum atomic E-state index is 0.0601. The van der Waals surface area contributed by atoms with E-state index in [4.69, 9.17) is 9.47 Å². The summed E-state index contributed by atoms with van der Waals surface area (Å²) in [4.78, 5) is 8.89. The smallest absolute Gasteiger partial charge is 0.218 e. The number of pyridine rings is 1. The molecular weight excluding hydrogens is 304 g/mol. The molecule has 136 valence electrons. The quantitative estimate of drug-likeness (QED) is 0.564. The second-order valence-electron chi connectivity index (χ2n) is 6.57. The molecule has 1 atom stereocenters. The molecule has 0 aliphatic rings. The van der Waals surface area contributed by atoms with E-state index in [-0.39, 0.29) is 11.5 Å². The summed E-state index contributed by atoms with van der Waals surface area (Å²) in [6, 6.07) is 3.88. The first-order valence-electron chi connectivity index (χ1n) is 8.54. The summed E-state index contributed by atoms with van der Waals surface area (Å²) in [6.45, 7) is 13.1. The van der Waals surface area contributed by atoms with Crippen molar-refractivity contribution >= 4 is 5.96 Å². The first-order valence-corrected chi connectivity index (χ1v) is 8.54. The molecule has 1 rings (SSSR count). The van der Waals surface area contributed by atoms with E-state index < -0.39 is 0 Å². The minimum absolute atomic E-state index is 0.0601. The van der Waals surface area contributed by atoms with E-state index in [9.17, 15) is 0 Å². The van der Waals surface area contributed by atoms with Crippen LogP contribution in [0.4, 0.5) is 0 Å². The van der Waals surface area contributed by atoms with Gasteiger partial charge in [0.15, 0.2) is 5.96 Å². The van der Waals surface area contributed by atoms with E-state index in [0.29, 0.717) is 25.6 Å². The number of aromatic nitrogens is 1. The van der Waals surface area contributed by atoms with Crippen LogP contribution in [-0.4, -0.2) is 43.9 Å². The molecule has 6 heteroatoms. The third kappa shape index (κ3) is 6.74. The van der Waals surface area contributed by atoms with Crippen LogP contribution in [0.15, 0.2) is 23.3 Å². The second kappa shape index (κ2) is 10.1. The molecule has 0 spiro atoms. The highest BCUT2D eigenvalue weighted by Gasteiger charge is 2.24. The van der Waals surface area contributed by atoms with Crippen LogP contribution in [0.25, 0.3) is 0 Å². The van der Waals surface area contributed by atoms with Crippen LogP contribution in [0, 0.1) is 5.41 Å². The Morgan fingerprint density at radius 1 is 1.29 bits per heavy atom. The predicted molar refractivity (Wildman–Crippen MR) is 98.5 cm³/mol. The monoisotopic (exact) mass is 336 g/mol. The summed E-state index contributed by atoms with van der Waals surface area (Å²) in [7, 11) is 1.74. The maximum absolute atomic E-state index is 5.58. The molecule has 0 saturated carbocycles. The third-order valence-electron chi connectivity index (χ3n) is 3.59. The lowest BCUT2D eigenvalue weighted by atomic mass is 9.89. The van der Waals surface area contributed by atoms with Gasteiger partial charge in [-0.1, -0.05) is 26.8 Å². The van der Waals surface area contributed by atoms with Crippen LogP contribution in [0.1, 0.15) is 40.2 Å². The summed E-state index contributed by atoms with van der Waals surface area (Å²) in [5.41, 5.74) is 1.03. The normalized spacial score (nSPS) is 13.5. The molecule has 1 unspecified atom stereocenters. The molecule has 0 fully saturated rings. The molecule has 0 aliphatic carbocycles. The molecule has 0 aromatic carbocycles. The maximum Gasteiger partial charge on any atom is 0.218 e. The van der Waals surface area contributed by atoms with Crippen molar-refractivity contribution < 1.29 is 9.47 Å². The Labute approximate surface area is 146 Å². The lowest BCUT2D eigenvalue weighted by Crippen LogP contribution is -2.45. The molecule has 0 amide bonds. The number of ether oxygens (including phenoxy) is 2. The Bertz CT molecular complexity index is 512. The standard InChI is InChI=1S/C18H32N4O2/c1-7-19-17(22-13-15(23-6)18(3,4)5)21-12-14-10-9-11-20-16(14)24-8-2/h9-11,15H,7-8,12-13H2,1-6H3,(H2,19,21,22). The highest BCUT2D eigenvalue weighted by Crippen LogP contribution is 2.21. The average molecular weight is 336 g/mol. The number of rotatable bonds is 8. The minimum Gasteiger partial charge on any atom is -0.478 e. The van der Waals surface area contributed by atoms with E-state index in [1.165, 1.54) is 0 Å². The van der Waals surface area contributed by atoms with Gasteiger partial charge < -0.3 is 20.1 Å². The summed E-state index contributed by atoms with van der Waals surface area (Å²) in [5.74, 6) is 1.40. The molecule has 0 aliphatic heterocycles. The van der Waals surface area contributed by atoms with E-state index in [0.717, 1.165) is 18.1 Å². The molecule has 1 heterocycles. The van der Waals surface area contributed by atoms with E-state index in [2.05, 4.69) is 41.4 Å². The Balaban J connectivity index is 2.75. The number of aliphatic imine (C=N–C) groups is 1.